The van der Waals surface area contributed by atoms with Crippen LogP contribution in [-0.4, -0.2) is 53.1 Å². The molecule has 7 heteroatoms. The number of anilines is 1. The minimum atomic E-state index is -1.00. The van der Waals surface area contributed by atoms with Crippen LogP contribution >= 0.6 is 11.8 Å². The summed E-state index contributed by atoms with van der Waals surface area (Å²) >= 11 is 1.52. The SMILES string of the molecule is CN(C(=O)N1CCSCC1C(=O)O)c1ccccc1C#N. The summed E-state index contributed by atoms with van der Waals surface area (Å²) in [6.07, 6.45) is 0. The highest BCUT2D eigenvalue weighted by Crippen LogP contribution is 2.23. The number of nitrogens with zero attached hydrogens (tertiary/aromatic N) is 3. The Morgan fingerprint density at radius 2 is 2.19 bits per heavy atom. The van der Waals surface area contributed by atoms with Gasteiger partial charge in [0, 0.05) is 25.1 Å². The molecule has 21 heavy (non-hydrogen) atoms. The second-order valence-corrected chi connectivity index (χ2v) is 5.74. The quantitative estimate of drug-likeness (QED) is 0.897. The number of carboxylic acids is 1. The third kappa shape index (κ3) is 3.11. The summed E-state index contributed by atoms with van der Waals surface area (Å²) in [6, 6.07) is 7.57. The number of urea groups is 1. The van der Waals surface area contributed by atoms with Crippen LogP contribution in [0.4, 0.5) is 10.5 Å². The van der Waals surface area contributed by atoms with Gasteiger partial charge in [0.1, 0.15) is 12.1 Å². The molecule has 1 aliphatic heterocycles. The van der Waals surface area contributed by atoms with Crippen LogP contribution in [-0.2, 0) is 4.79 Å². The molecule has 0 aliphatic carbocycles. The Labute approximate surface area is 126 Å². The minimum absolute atomic E-state index is 0.381. The van der Waals surface area contributed by atoms with Gasteiger partial charge in [0.05, 0.1) is 11.3 Å². The van der Waals surface area contributed by atoms with Crippen molar-refractivity contribution in [2.24, 2.45) is 0 Å². The zero-order valence-corrected chi connectivity index (χ0v) is 12.3. The number of carbonyl (C=O) groups is 2. The van der Waals surface area contributed by atoms with Crippen LogP contribution in [0.25, 0.3) is 0 Å². The van der Waals surface area contributed by atoms with E-state index in [1.165, 1.54) is 21.6 Å². The maximum absolute atomic E-state index is 12.6. The summed E-state index contributed by atoms with van der Waals surface area (Å²) in [5.74, 6) is 0.0930. The lowest BCUT2D eigenvalue weighted by molar-refractivity contribution is -0.141. The lowest BCUT2D eigenvalue weighted by Crippen LogP contribution is -2.54. The van der Waals surface area contributed by atoms with Crippen molar-refractivity contribution < 1.29 is 14.7 Å². The summed E-state index contributed by atoms with van der Waals surface area (Å²) in [4.78, 5) is 26.5. The first-order valence-electron chi connectivity index (χ1n) is 6.40. The summed E-state index contributed by atoms with van der Waals surface area (Å²) in [5, 5.41) is 18.3. The topological polar surface area (TPSA) is 84.6 Å². The number of aliphatic carboxylic acids is 1. The largest absolute Gasteiger partial charge is 0.480 e. The van der Waals surface area contributed by atoms with Gasteiger partial charge < -0.3 is 10.0 Å². The van der Waals surface area contributed by atoms with Crippen molar-refractivity contribution in [1.82, 2.24) is 4.90 Å². The Morgan fingerprint density at radius 3 is 2.86 bits per heavy atom. The molecule has 110 valence electrons. The van der Waals surface area contributed by atoms with E-state index in [2.05, 4.69) is 0 Å². The fraction of sp³-hybridized carbons (Fsp3) is 0.357. The molecule has 0 spiro atoms. The Balaban J connectivity index is 2.26. The third-order valence-corrected chi connectivity index (χ3v) is 4.35. The number of hydrogen-bond acceptors (Lipinski definition) is 4. The highest BCUT2D eigenvalue weighted by molar-refractivity contribution is 7.99. The molecular formula is C14H15N3O3S. The van der Waals surface area contributed by atoms with Crippen LogP contribution in [0, 0.1) is 11.3 Å². The number of hydrogen-bond donors (Lipinski definition) is 1. The second kappa shape index (κ2) is 6.50. The van der Waals surface area contributed by atoms with Gasteiger partial charge in [-0.3, -0.25) is 4.90 Å². The Kier molecular flexibility index (Phi) is 4.70. The van der Waals surface area contributed by atoms with Crippen molar-refractivity contribution >= 4 is 29.4 Å². The average Bonchev–Trinajstić information content (AvgIpc) is 2.53. The van der Waals surface area contributed by atoms with E-state index >= 15 is 0 Å². The number of benzene rings is 1. The molecule has 1 N–H and O–H groups in total. The summed E-state index contributed by atoms with van der Waals surface area (Å²) in [7, 11) is 1.55. The fourth-order valence-electron chi connectivity index (χ4n) is 2.19. The minimum Gasteiger partial charge on any atom is -0.480 e. The Bertz CT molecular complexity index is 599. The molecule has 0 aromatic heterocycles. The lowest BCUT2D eigenvalue weighted by atomic mass is 10.2. The zero-order chi connectivity index (χ0) is 15.4. The van der Waals surface area contributed by atoms with E-state index in [1.54, 1.807) is 31.3 Å². The monoisotopic (exact) mass is 305 g/mol. The van der Waals surface area contributed by atoms with E-state index in [9.17, 15) is 14.7 Å². The zero-order valence-electron chi connectivity index (χ0n) is 11.5. The first-order valence-corrected chi connectivity index (χ1v) is 7.55. The van der Waals surface area contributed by atoms with Crippen LogP contribution in [0.5, 0.6) is 0 Å². The molecule has 1 unspecified atom stereocenters. The maximum Gasteiger partial charge on any atom is 0.327 e. The molecule has 1 fully saturated rings. The van der Waals surface area contributed by atoms with Crippen LogP contribution in [0.15, 0.2) is 24.3 Å². The van der Waals surface area contributed by atoms with Crippen LogP contribution in [0.3, 0.4) is 0 Å². The number of carbonyl (C=O) groups excluding carboxylic acids is 1. The highest BCUT2D eigenvalue weighted by Gasteiger charge is 2.34. The van der Waals surface area contributed by atoms with Crippen LogP contribution in [0.2, 0.25) is 0 Å². The molecular weight excluding hydrogens is 290 g/mol. The molecule has 0 bridgehead atoms. The van der Waals surface area contributed by atoms with E-state index in [0.29, 0.717) is 29.3 Å². The predicted octanol–water partition coefficient (Wildman–Crippen LogP) is 1.62. The van der Waals surface area contributed by atoms with Gasteiger partial charge in [-0.1, -0.05) is 12.1 Å². The molecule has 1 atom stereocenters. The molecule has 0 saturated carbocycles. The van der Waals surface area contributed by atoms with Gasteiger partial charge in [-0.05, 0) is 12.1 Å². The van der Waals surface area contributed by atoms with Gasteiger partial charge >= 0.3 is 12.0 Å². The second-order valence-electron chi connectivity index (χ2n) is 4.59. The number of amides is 2. The molecule has 2 amide bonds. The van der Waals surface area contributed by atoms with Gasteiger partial charge in [0.2, 0.25) is 0 Å². The fourth-order valence-corrected chi connectivity index (χ4v) is 3.23. The lowest BCUT2D eigenvalue weighted by Gasteiger charge is -2.35. The number of carboxylic acid groups (broad SMARTS) is 1. The van der Waals surface area contributed by atoms with E-state index in [4.69, 9.17) is 5.26 Å². The van der Waals surface area contributed by atoms with Gasteiger partial charge in [0.25, 0.3) is 0 Å². The average molecular weight is 305 g/mol. The smallest absolute Gasteiger partial charge is 0.327 e. The van der Waals surface area contributed by atoms with Gasteiger partial charge in [-0.2, -0.15) is 17.0 Å². The molecule has 1 aliphatic rings. The number of thioether (sulfide) groups is 1. The van der Waals surface area contributed by atoms with Crippen molar-refractivity contribution in [3.63, 3.8) is 0 Å². The number of rotatable bonds is 2. The predicted molar refractivity (Wildman–Crippen MR) is 80.4 cm³/mol. The Hall–Kier alpha value is -2.20. The summed E-state index contributed by atoms with van der Waals surface area (Å²) in [5.41, 5.74) is 0.860. The number of para-hydroxylation sites is 1. The molecule has 0 radical (unpaired) electrons. The molecule has 1 aromatic rings. The third-order valence-electron chi connectivity index (χ3n) is 3.33. The first-order chi connectivity index (χ1) is 10.1. The normalized spacial score (nSPS) is 17.9. The van der Waals surface area contributed by atoms with Gasteiger partial charge in [-0.25, -0.2) is 9.59 Å². The molecule has 1 aromatic carbocycles. The van der Waals surface area contributed by atoms with E-state index < -0.39 is 18.0 Å². The van der Waals surface area contributed by atoms with Gasteiger partial charge in [0.15, 0.2) is 0 Å². The molecule has 1 heterocycles. The van der Waals surface area contributed by atoms with E-state index in [1.807, 2.05) is 6.07 Å². The van der Waals surface area contributed by atoms with Crippen molar-refractivity contribution in [2.75, 3.05) is 30.0 Å². The van der Waals surface area contributed by atoms with Crippen molar-refractivity contribution in [3.8, 4) is 6.07 Å². The molecule has 2 rings (SSSR count). The van der Waals surface area contributed by atoms with Gasteiger partial charge in [-0.15, -0.1) is 0 Å². The summed E-state index contributed by atoms with van der Waals surface area (Å²) in [6.45, 7) is 0.388. The van der Waals surface area contributed by atoms with Crippen molar-refractivity contribution in [3.05, 3.63) is 29.8 Å². The summed E-state index contributed by atoms with van der Waals surface area (Å²) < 4.78 is 0. The maximum atomic E-state index is 12.6. The Morgan fingerprint density at radius 1 is 1.48 bits per heavy atom. The van der Waals surface area contributed by atoms with E-state index in [0.717, 1.165) is 0 Å². The molecule has 1 saturated heterocycles. The van der Waals surface area contributed by atoms with Crippen molar-refractivity contribution in [1.29, 1.82) is 5.26 Å². The number of nitriles is 1. The standard InChI is InChI=1S/C14H15N3O3S/c1-16(11-5-3-2-4-10(11)8-15)14(20)17-6-7-21-9-12(17)13(18)19/h2-5,12H,6-7,9H2,1H3,(H,18,19). The molecule has 6 nitrogen and oxygen atoms in total. The van der Waals surface area contributed by atoms with Crippen LogP contribution in [0.1, 0.15) is 5.56 Å². The van der Waals surface area contributed by atoms with Crippen LogP contribution < -0.4 is 4.90 Å². The van der Waals surface area contributed by atoms with E-state index in [-0.39, 0.29) is 0 Å². The highest BCUT2D eigenvalue weighted by atomic mass is 32.2. The van der Waals surface area contributed by atoms with Crippen molar-refractivity contribution in [2.45, 2.75) is 6.04 Å². The first kappa shape index (κ1) is 15.2.